The van der Waals surface area contributed by atoms with Crippen molar-refractivity contribution >= 4 is 78.1 Å². The zero-order valence-electron chi connectivity index (χ0n) is 25.6. The van der Waals surface area contributed by atoms with E-state index in [1.54, 1.807) is 24.3 Å². The number of amides is 4. The fourth-order valence-corrected chi connectivity index (χ4v) is 7.66. The summed E-state index contributed by atoms with van der Waals surface area (Å²) in [6.07, 6.45) is 0. The second-order valence-electron chi connectivity index (χ2n) is 12.5. The van der Waals surface area contributed by atoms with Gasteiger partial charge in [-0.1, -0.05) is 48.5 Å². The highest BCUT2D eigenvalue weighted by Gasteiger charge is 2.38. The normalized spacial score (nSPS) is 14.6. The van der Waals surface area contributed by atoms with E-state index >= 15 is 0 Å². The molecule has 6 heteroatoms. The molecule has 6 nitrogen and oxygen atoms in total. The fraction of sp³-hybridized carbons (Fsp3) is 0.100. The van der Waals surface area contributed by atoms with Gasteiger partial charge in [0.15, 0.2) is 0 Å². The van der Waals surface area contributed by atoms with Crippen molar-refractivity contribution in [2.24, 2.45) is 0 Å². The number of carbonyl (C=O) groups excluding carboxylic acids is 4. The first-order valence-electron chi connectivity index (χ1n) is 15.3. The minimum Gasteiger partial charge on any atom is -0.268 e. The van der Waals surface area contributed by atoms with E-state index in [0.717, 1.165) is 54.6 Å². The molecule has 0 fully saturated rings. The Morgan fingerprint density at radius 2 is 0.674 bits per heavy atom. The zero-order chi connectivity index (χ0) is 31.8. The minimum absolute atomic E-state index is 0.353. The van der Waals surface area contributed by atoms with Crippen molar-refractivity contribution in [1.82, 2.24) is 0 Å². The van der Waals surface area contributed by atoms with Crippen molar-refractivity contribution < 1.29 is 19.2 Å². The third-order valence-corrected chi connectivity index (χ3v) is 10.3. The van der Waals surface area contributed by atoms with Gasteiger partial charge in [-0.05, 0) is 119 Å². The number of rotatable bonds is 2. The number of hydrogen-bond acceptors (Lipinski definition) is 4. The maximum Gasteiger partial charge on any atom is 0.265 e. The van der Waals surface area contributed by atoms with Gasteiger partial charge in [-0.2, -0.15) is 0 Å². The molecular weight excluding hydrogens is 572 g/mol. The summed E-state index contributed by atoms with van der Waals surface area (Å²) >= 11 is 0. The molecule has 4 amide bonds. The molecule has 0 unspecified atom stereocenters. The van der Waals surface area contributed by atoms with Crippen LogP contribution in [0.3, 0.4) is 0 Å². The van der Waals surface area contributed by atoms with Gasteiger partial charge >= 0.3 is 0 Å². The van der Waals surface area contributed by atoms with E-state index < -0.39 is 0 Å². The molecule has 220 valence electrons. The summed E-state index contributed by atoms with van der Waals surface area (Å²) in [7, 11) is 0. The summed E-state index contributed by atoms with van der Waals surface area (Å²) in [6, 6.07) is 26.2. The molecule has 0 aliphatic carbocycles. The zero-order valence-corrected chi connectivity index (χ0v) is 25.6. The number of fused-ring (bicyclic) bond motifs is 2. The number of anilines is 2. The molecule has 0 saturated heterocycles. The highest BCUT2D eigenvalue weighted by Crippen LogP contribution is 2.47. The van der Waals surface area contributed by atoms with Gasteiger partial charge in [-0.25, -0.2) is 9.80 Å². The molecule has 0 aromatic heterocycles. The summed E-state index contributed by atoms with van der Waals surface area (Å²) < 4.78 is 0. The molecule has 46 heavy (non-hydrogen) atoms. The van der Waals surface area contributed by atoms with Gasteiger partial charge < -0.3 is 0 Å². The maximum absolute atomic E-state index is 14.1. The fourth-order valence-electron chi connectivity index (χ4n) is 7.66. The molecule has 2 aliphatic rings. The van der Waals surface area contributed by atoms with E-state index in [0.29, 0.717) is 44.4 Å². The van der Waals surface area contributed by atoms with Gasteiger partial charge in [0.1, 0.15) is 0 Å². The topological polar surface area (TPSA) is 74.8 Å². The van der Waals surface area contributed by atoms with Crippen LogP contribution in [0.25, 0.3) is 43.1 Å². The van der Waals surface area contributed by atoms with E-state index in [1.165, 1.54) is 9.80 Å². The number of hydrogen-bond donors (Lipinski definition) is 0. The number of aryl methyl sites for hydroxylation is 2. The summed E-state index contributed by atoms with van der Waals surface area (Å²) in [5.41, 5.74) is 6.82. The van der Waals surface area contributed by atoms with Crippen LogP contribution in [0, 0.1) is 27.7 Å². The molecular formula is C40H26N2O4. The van der Waals surface area contributed by atoms with Crippen molar-refractivity contribution in [3.8, 4) is 0 Å². The third kappa shape index (κ3) is 3.10. The lowest BCUT2D eigenvalue weighted by molar-refractivity contribution is 0.0877. The Kier molecular flexibility index (Phi) is 5.10. The Morgan fingerprint density at radius 3 is 0.978 bits per heavy atom. The maximum atomic E-state index is 14.1. The molecule has 7 aromatic carbocycles. The first kappa shape index (κ1) is 26.5. The Hall–Kier alpha value is -5.88. The number of nitrogens with zero attached hydrogens (tertiary/aromatic N) is 2. The van der Waals surface area contributed by atoms with E-state index in [-0.39, 0.29) is 23.6 Å². The van der Waals surface area contributed by atoms with Gasteiger partial charge in [0.2, 0.25) is 0 Å². The van der Waals surface area contributed by atoms with Crippen LogP contribution in [0.5, 0.6) is 0 Å². The van der Waals surface area contributed by atoms with Crippen LogP contribution >= 0.6 is 0 Å². The SMILES string of the molecule is Cc1cccc(N2C(=O)c3ccc4c5ccc6c7c(ccc(c8ccc(c3c48)C2=O)c75)C(=O)N(c2cccc(C)c2C)C6=O)c1C. The summed E-state index contributed by atoms with van der Waals surface area (Å²) in [6.45, 7) is 7.78. The molecule has 0 bridgehead atoms. The van der Waals surface area contributed by atoms with Crippen LogP contribution in [-0.4, -0.2) is 23.6 Å². The van der Waals surface area contributed by atoms with Crippen LogP contribution in [0.2, 0.25) is 0 Å². The van der Waals surface area contributed by atoms with E-state index in [1.807, 2.05) is 88.4 Å². The van der Waals surface area contributed by atoms with Crippen LogP contribution in [-0.2, 0) is 0 Å². The summed E-state index contributed by atoms with van der Waals surface area (Å²) in [5, 5.41) is 6.40. The molecule has 0 N–H and O–H groups in total. The number of carbonyl (C=O) groups is 4. The Bertz CT molecular complexity index is 2310. The third-order valence-electron chi connectivity index (χ3n) is 10.3. The van der Waals surface area contributed by atoms with E-state index in [4.69, 9.17) is 0 Å². The monoisotopic (exact) mass is 598 g/mol. The molecule has 0 spiro atoms. The molecule has 0 saturated carbocycles. The highest BCUT2D eigenvalue weighted by atomic mass is 16.2. The predicted molar refractivity (Wildman–Crippen MR) is 182 cm³/mol. The lowest BCUT2D eigenvalue weighted by Crippen LogP contribution is -2.41. The van der Waals surface area contributed by atoms with Gasteiger partial charge in [0, 0.05) is 33.0 Å². The molecule has 2 heterocycles. The highest BCUT2D eigenvalue weighted by molar-refractivity contribution is 6.45. The summed E-state index contributed by atoms with van der Waals surface area (Å²) in [5.74, 6) is -1.41. The second-order valence-corrected chi connectivity index (χ2v) is 12.5. The smallest absolute Gasteiger partial charge is 0.265 e. The largest absolute Gasteiger partial charge is 0.268 e. The lowest BCUT2D eigenvalue weighted by atomic mass is 9.82. The van der Waals surface area contributed by atoms with Crippen molar-refractivity contribution in [3.05, 3.63) is 129 Å². The molecule has 9 rings (SSSR count). The quantitative estimate of drug-likeness (QED) is 0.114. The van der Waals surface area contributed by atoms with Crippen LogP contribution in [0.1, 0.15) is 63.7 Å². The second kappa shape index (κ2) is 8.86. The van der Waals surface area contributed by atoms with Gasteiger partial charge in [0.05, 0.1) is 11.4 Å². The van der Waals surface area contributed by atoms with Gasteiger partial charge in [0.25, 0.3) is 23.6 Å². The average molecular weight is 599 g/mol. The van der Waals surface area contributed by atoms with Gasteiger partial charge in [-0.3, -0.25) is 19.2 Å². The van der Waals surface area contributed by atoms with E-state index in [2.05, 4.69) is 0 Å². The van der Waals surface area contributed by atoms with Crippen LogP contribution < -0.4 is 9.80 Å². The minimum atomic E-state index is -0.353. The van der Waals surface area contributed by atoms with Crippen LogP contribution in [0.15, 0.2) is 84.9 Å². The molecule has 7 aromatic rings. The molecule has 0 radical (unpaired) electrons. The number of benzene rings is 7. The van der Waals surface area contributed by atoms with Crippen LogP contribution in [0.4, 0.5) is 11.4 Å². The van der Waals surface area contributed by atoms with Gasteiger partial charge in [-0.15, -0.1) is 0 Å². The standard InChI is InChI=1S/C40H26N2O4/c1-19-7-5-9-31(21(19)3)41-37(43)27-15-11-23-25-13-17-29-36-30(40(46)42(39(29)45)32-10-6-8-20(2)22(32)4)18-14-26(34(25)36)24-12-16-28(38(41)44)35(27)33(23)24/h5-18H,1-4H3. The average Bonchev–Trinajstić information content (AvgIpc) is 3.05. The van der Waals surface area contributed by atoms with Crippen molar-refractivity contribution in [2.45, 2.75) is 27.7 Å². The predicted octanol–water partition coefficient (Wildman–Crippen LogP) is 8.57. The van der Waals surface area contributed by atoms with Crippen molar-refractivity contribution in [1.29, 1.82) is 0 Å². The number of imide groups is 2. The van der Waals surface area contributed by atoms with E-state index in [9.17, 15) is 19.2 Å². The van der Waals surface area contributed by atoms with Crippen molar-refractivity contribution in [2.75, 3.05) is 9.80 Å². The first-order chi connectivity index (χ1) is 22.2. The molecule has 2 aliphatic heterocycles. The van der Waals surface area contributed by atoms with Crippen molar-refractivity contribution in [3.63, 3.8) is 0 Å². The first-order valence-corrected chi connectivity index (χ1v) is 15.3. The summed E-state index contributed by atoms with van der Waals surface area (Å²) in [4.78, 5) is 58.9. The Balaban J connectivity index is 1.31. The Morgan fingerprint density at radius 1 is 0.370 bits per heavy atom. The lowest BCUT2D eigenvalue weighted by Gasteiger charge is -2.31. The Labute approximate surface area is 263 Å². The molecule has 0 atom stereocenters.